The third-order valence-corrected chi connectivity index (χ3v) is 5.86. The van der Waals surface area contributed by atoms with Gasteiger partial charge in [0.25, 0.3) is 0 Å². The molecule has 7 heteroatoms. The first-order chi connectivity index (χ1) is 14.7. The quantitative estimate of drug-likeness (QED) is 0.517. The lowest BCUT2D eigenvalue weighted by Gasteiger charge is -2.30. The molecule has 0 aromatic heterocycles. The minimum absolute atomic E-state index is 0.253. The largest absolute Gasteiger partial charge is 0.444 e. The molecule has 1 heterocycles. The van der Waals surface area contributed by atoms with Gasteiger partial charge in [-0.1, -0.05) is 30.3 Å². The zero-order valence-electron chi connectivity index (χ0n) is 18.2. The predicted octanol–water partition coefficient (Wildman–Crippen LogP) is 5.45. The summed E-state index contributed by atoms with van der Waals surface area (Å²) >= 11 is 2.32. The second-order valence-corrected chi connectivity index (χ2v) is 9.71. The molecule has 1 aliphatic heterocycles. The molecule has 0 saturated heterocycles. The first-order valence-corrected chi connectivity index (χ1v) is 11.6. The van der Waals surface area contributed by atoms with Gasteiger partial charge in [0, 0.05) is 16.7 Å². The smallest absolute Gasteiger partial charge is 0.414 e. The number of aryl methyl sites for hydroxylation is 1. The van der Waals surface area contributed by atoms with Gasteiger partial charge in [-0.25, -0.2) is 9.59 Å². The third-order valence-electron chi connectivity index (χ3n) is 4.85. The summed E-state index contributed by atoms with van der Waals surface area (Å²) < 4.78 is 12.0. The zero-order chi connectivity index (χ0) is 22.4. The fourth-order valence-corrected chi connectivity index (χ4v) is 4.24. The summed E-state index contributed by atoms with van der Waals surface area (Å²) in [6, 6.07) is 13.9. The van der Waals surface area contributed by atoms with Gasteiger partial charge in [-0.2, -0.15) is 0 Å². The highest BCUT2D eigenvalue weighted by atomic mass is 127. The molecule has 0 unspecified atom stereocenters. The molecule has 0 aliphatic carbocycles. The normalized spacial score (nSPS) is 13.4. The lowest BCUT2D eigenvalue weighted by molar-refractivity contribution is 0.0528. The number of carbonyl (C=O) groups is 2. The Hall–Kier alpha value is -2.29. The number of halogens is 1. The van der Waals surface area contributed by atoms with Crippen molar-refractivity contribution in [3.8, 4) is 0 Å². The number of ether oxygens (including phenoxy) is 2. The monoisotopic (exact) mass is 536 g/mol. The number of amides is 2. The van der Waals surface area contributed by atoms with Crippen LogP contribution in [0.1, 0.15) is 43.9 Å². The Labute approximate surface area is 197 Å². The number of alkyl carbamates (subject to hydrolysis) is 1. The number of nitrogens with one attached hydrogen (secondary N) is 1. The van der Waals surface area contributed by atoms with Gasteiger partial charge in [0.2, 0.25) is 0 Å². The van der Waals surface area contributed by atoms with Gasteiger partial charge in [-0.05, 0) is 91.4 Å². The number of carbonyl (C=O) groups excluding carboxylic acids is 2. The second-order valence-electron chi connectivity index (χ2n) is 8.55. The van der Waals surface area contributed by atoms with Gasteiger partial charge in [-0.15, -0.1) is 0 Å². The molecule has 3 rings (SSSR count). The molecule has 6 nitrogen and oxygen atoms in total. The molecule has 0 atom stereocenters. The first kappa shape index (κ1) is 23.4. The Morgan fingerprint density at radius 3 is 2.61 bits per heavy atom. The minimum atomic E-state index is -0.523. The number of rotatable bonds is 5. The van der Waals surface area contributed by atoms with Gasteiger partial charge >= 0.3 is 12.2 Å². The number of fused-ring (bicyclic) bond motifs is 1. The van der Waals surface area contributed by atoms with Crippen molar-refractivity contribution in [2.45, 2.75) is 52.2 Å². The molecule has 1 N–H and O–H groups in total. The Morgan fingerprint density at radius 1 is 1.16 bits per heavy atom. The van der Waals surface area contributed by atoms with E-state index < -0.39 is 11.7 Å². The Morgan fingerprint density at radius 2 is 1.90 bits per heavy atom. The van der Waals surface area contributed by atoms with Crippen molar-refractivity contribution in [3.05, 3.63) is 62.7 Å². The van der Waals surface area contributed by atoms with Crippen LogP contribution < -0.4 is 10.2 Å². The fourth-order valence-electron chi connectivity index (χ4n) is 3.44. The fraction of sp³-hybridized carbons (Fsp3) is 0.417. The molecule has 0 bridgehead atoms. The van der Waals surface area contributed by atoms with Crippen LogP contribution in [0.4, 0.5) is 15.3 Å². The van der Waals surface area contributed by atoms with Crippen molar-refractivity contribution in [1.82, 2.24) is 5.32 Å². The van der Waals surface area contributed by atoms with E-state index in [0.29, 0.717) is 19.5 Å². The van der Waals surface area contributed by atoms with Gasteiger partial charge in [0.05, 0.1) is 5.69 Å². The Kier molecular flexibility index (Phi) is 7.80. The summed E-state index contributed by atoms with van der Waals surface area (Å²) in [4.78, 5) is 26.4. The van der Waals surface area contributed by atoms with Crippen molar-refractivity contribution in [1.29, 1.82) is 0 Å². The SMILES string of the molecule is CC(C)(C)OC(=O)NCCc1cc2c(cc1I)CCCN2C(=O)OCc1ccccc1. The lowest BCUT2D eigenvalue weighted by atomic mass is 9.99. The summed E-state index contributed by atoms with van der Waals surface area (Å²) in [6.45, 7) is 6.86. The van der Waals surface area contributed by atoms with Crippen LogP contribution in [0.2, 0.25) is 0 Å². The number of hydrogen-bond acceptors (Lipinski definition) is 4. The van der Waals surface area contributed by atoms with Gasteiger partial charge in [0.1, 0.15) is 12.2 Å². The molecular weight excluding hydrogens is 507 g/mol. The molecule has 166 valence electrons. The molecule has 2 amide bonds. The third kappa shape index (κ3) is 6.85. The van der Waals surface area contributed by atoms with Gasteiger partial charge < -0.3 is 14.8 Å². The minimum Gasteiger partial charge on any atom is -0.444 e. The Balaban J connectivity index is 1.65. The van der Waals surface area contributed by atoms with E-state index in [9.17, 15) is 9.59 Å². The van der Waals surface area contributed by atoms with E-state index in [4.69, 9.17) is 9.47 Å². The van der Waals surface area contributed by atoms with Crippen molar-refractivity contribution < 1.29 is 19.1 Å². The van der Waals surface area contributed by atoms with E-state index in [-0.39, 0.29) is 12.7 Å². The van der Waals surface area contributed by atoms with Gasteiger partial charge in [0.15, 0.2) is 0 Å². The van der Waals surface area contributed by atoms with Crippen LogP contribution in [-0.4, -0.2) is 30.9 Å². The molecule has 1 aliphatic rings. The molecule has 31 heavy (non-hydrogen) atoms. The van der Waals surface area contributed by atoms with Crippen molar-refractivity contribution in [3.63, 3.8) is 0 Å². The first-order valence-electron chi connectivity index (χ1n) is 10.5. The summed E-state index contributed by atoms with van der Waals surface area (Å²) in [5.74, 6) is 0. The van der Waals surface area contributed by atoms with Crippen LogP contribution in [0.25, 0.3) is 0 Å². The summed E-state index contributed by atoms with van der Waals surface area (Å²) in [7, 11) is 0. The molecule has 0 fully saturated rings. The lowest BCUT2D eigenvalue weighted by Crippen LogP contribution is -2.36. The molecule has 2 aromatic carbocycles. The Bertz CT molecular complexity index is 925. The van der Waals surface area contributed by atoms with Crippen LogP contribution in [-0.2, 0) is 28.9 Å². The van der Waals surface area contributed by atoms with E-state index in [2.05, 4.69) is 40.0 Å². The van der Waals surface area contributed by atoms with Crippen LogP contribution in [0, 0.1) is 3.57 Å². The van der Waals surface area contributed by atoms with Crippen molar-refractivity contribution >= 4 is 40.5 Å². The maximum atomic E-state index is 12.8. The highest BCUT2D eigenvalue weighted by Crippen LogP contribution is 2.32. The number of anilines is 1. The maximum Gasteiger partial charge on any atom is 0.414 e. The van der Waals surface area contributed by atoms with E-state index in [1.54, 1.807) is 4.90 Å². The molecule has 0 spiro atoms. The van der Waals surface area contributed by atoms with Crippen LogP contribution >= 0.6 is 22.6 Å². The zero-order valence-corrected chi connectivity index (χ0v) is 20.4. The molecule has 2 aromatic rings. The number of hydrogen-bond donors (Lipinski definition) is 1. The van der Waals surface area contributed by atoms with E-state index >= 15 is 0 Å². The second kappa shape index (κ2) is 10.3. The molecule has 0 saturated carbocycles. The van der Waals surface area contributed by atoms with Crippen LogP contribution in [0.5, 0.6) is 0 Å². The van der Waals surface area contributed by atoms with E-state index in [1.165, 1.54) is 0 Å². The predicted molar refractivity (Wildman–Crippen MR) is 129 cm³/mol. The van der Waals surface area contributed by atoms with Crippen LogP contribution in [0.3, 0.4) is 0 Å². The topological polar surface area (TPSA) is 67.9 Å². The van der Waals surface area contributed by atoms with Crippen LogP contribution in [0.15, 0.2) is 42.5 Å². The average molecular weight is 536 g/mol. The highest BCUT2D eigenvalue weighted by molar-refractivity contribution is 14.1. The highest BCUT2D eigenvalue weighted by Gasteiger charge is 2.25. The van der Waals surface area contributed by atoms with E-state index in [1.807, 2.05) is 51.1 Å². The van der Waals surface area contributed by atoms with E-state index in [0.717, 1.165) is 38.8 Å². The summed E-state index contributed by atoms with van der Waals surface area (Å²) in [5, 5.41) is 2.80. The number of benzene rings is 2. The number of nitrogens with zero attached hydrogens (tertiary/aromatic N) is 1. The summed E-state index contributed by atoms with van der Waals surface area (Å²) in [6.07, 6.45) is 1.74. The molecular formula is C24H29IN2O4. The maximum absolute atomic E-state index is 12.8. The standard InChI is InChI=1S/C24H29IN2O4/c1-24(2,3)31-22(28)26-12-11-18-15-21-19(14-20(18)25)10-7-13-27(21)23(29)30-16-17-8-5-4-6-9-17/h4-6,8-9,14-15H,7,10-13,16H2,1-3H3,(H,26,28). The van der Waals surface area contributed by atoms with Gasteiger partial charge in [-0.3, -0.25) is 4.90 Å². The summed E-state index contributed by atoms with van der Waals surface area (Å²) in [5.41, 5.74) is 3.57. The van der Waals surface area contributed by atoms with Crippen molar-refractivity contribution in [2.75, 3.05) is 18.0 Å². The molecule has 0 radical (unpaired) electrons. The average Bonchev–Trinajstić information content (AvgIpc) is 2.71. The van der Waals surface area contributed by atoms with Crippen molar-refractivity contribution in [2.24, 2.45) is 0 Å².